The molecule has 1 unspecified atom stereocenters. The van der Waals surface area contributed by atoms with E-state index in [1.165, 1.54) is 32.0 Å². The maximum absolute atomic E-state index is 13.0. The molecule has 0 saturated carbocycles. The molecule has 1 rings (SSSR count). The first-order chi connectivity index (χ1) is 9.49. The zero-order valence-electron chi connectivity index (χ0n) is 11.3. The summed E-state index contributed by atoms with van der Waals surface area (Å²) in [5.74, 6) is -2.13. The third kappa shape index (κ3) is 4.02. The minimum absolute atomic E-state index is 0.0777. The molecule has 0 aliphatic heterocycles. The number of rotatable bonds is 4. The highest BCUT2D eigenvalue weighted by Crippen LogP contribution is 2.37. The number of alkyl halides is 3. The van der Waals surface area contributed by atoms with Crippen LogP contribution in [0.2, 0.25) is 10.0 Å². The van der Waals surface area contributed by atoms with Gasteiger partial charge in [0.2, 0.25) is 5.60 Å². The van der Waals surface area contributed by atoms with Gasteiger partial charge in [0.05, 0.1) is 15.7 Å². The van der Waals surface area contributed by atoms with Gasteiger partial charge >= 0.3 is 6.18 Å². The Balaban J connectivity index is 3.10. The highest BCUT2D eigenvalue weighted by Gasteiger charge is 2.59. The van der Waals surface area contributed by atoms with Crippen molar-refractivity contribution in [2.24, 2.45) is 5.92 Å². The van der Waals surface area contributed by atoms with Crippen LogP contribution in [0, 0.1) is 5.92 Å². The maximum atomic E-state index is 13.0. The molecule has 0 heterocycles. The normalized spacial score (nSPS) is 14.9. The third-order valence-electron chi connectivity index (χ3n) is 2.75. The average Bonchev–Trinajstić information content (AvgIpc) is 2.32. The molecule has 1 atom stereocenters. The standard InChI is InChI=1S/C13H14Cl2F3NO2/c1-7(2)6-12(21,13(16,17)18)11(20)19-9-5-3-4-8(14)10(9)15/h3-5,7,21H,6H2,1-2H3,(H,19,20). The van der Waals surface area contributed by atoms with Crippen molar-refractivity contribution in [2.45, 2.75) is 32.0 Å². The molecule has 21 heavy (non-hydrogen) atoms. The minimum Gasteiger partial charge on any atom is -0.373 e. The summed E-state index contributed by atoms with van der Waals surface area (Å²) in [6.45, 7) is 2.94. The lowest BCUT2D eigenvalue weighted by molar-refractivity contribution is -0.253. The number of hydrogen-bond donors (Lipinski definition) is 2. The number of nitrogens with one attached hydrogen (secondary N) is 1. The second kappa shape index (κ2) is 6.42. The first-order valence-corrected chi connectivity index (χ1v) is 6.79. The maximum Gasteiger partial charge on any atom is 0.426 e. The van der Waals surface area contributed by atoms with Crippen LogP contribution in [0.25, 0.3) is 0 Å². The SMILES string of the molecule is CC(C)CC(O)(C(=O)Nc1cccc(Cl)c1Cl)C(F)(F)F. The van der Waals surface area contributed by atoms with E-state index in [2.05, 4.69) is 0 Å². The Labute approximate surface area is 130 Å². The van der Waals surface area contributed by atoms with Crippen molar-refractivity contribution in [1.82, 2.24) is 0 Å². The van der Waals surface area contributed by atoms with Crippen LogP contribution >= 0.6 is 23.2 Å². The first kappa shape index (κ1) is 18.1. The zero-order chi connectivity index (χ0) is 16.4. The van der Waals surface area contributed by atoms with E-state index in [0.29, 0.717) is 0 Å². The van der Waals surface area contributed by atoms with Crippen LogP contribution in [0.15, 0.2) is 18.2 Å². The largest absolute Gasteiger partial charge is 0.426 e. The summed E-state index contributed by atoms with van der Waals surface area (Å²) in [5.41, 5.74) is -3.59. The number of anilines is 1. The van der Waals surface area contributed by atoms with E-state index < -0.39 is 30.0 Å². The molecule has 0 aliphatic carbocycles. The summed E-state index contributed by atoms with van der Waals surface area (Å²) in [6, 6.07) is 4.13. The number of carbonyl (C=O) groups excluding carboxylic acids is 1. The van der Waals surface area contributed by atoms with E-state index in [4.69, 9.17) is 23.2 Å². The third-order valence-corrected chi connectivity index (χ3v) is 3.57. The van der Waals surface area contributed by atoms with Gasteiger partial charge in [-0.05, 0) is 24.5 Å². The predicted molar refractivity (Wildman–Crippen MR) is 75.6 cm³/mol. The number of benzene rings is 1. The summed E-state index contributed by atoms with van der Waals surface area (Å²) in [7, 11) is 0. The molecule has 0 saturated heterocycles. The van der Waals surface area contributed by atoms with E-state index in [0.717, 1.165) is 0 Å². The van der Waals surface area contributed by atoms with Gasteiger partial charge in [-0.2, -0.15) is 13.2 Å². The zero-order valence-corrected chi connectivity index (χ0v) is 12.8. The topological polar surface area (TPSA) is 49.3 Å². The summed E-state index contributed by atoms with van der Waals surface area (Å²) >= 11 is 11.5. The average molecular weight is 344 g/mol. The van der Waals surface area contributed by atoms with Crippen LogP contribution in [0.5, 0.6) is 0 Å². The monoisotopic (exact) mass is 343 g/mol. The van der Waals surface area contributed by atoms with Gasteiger partial charge in [0, 0.05) is 0 Å². The van der Waals surface area contributed by atoms with Gasteiger partial charge in [0.15, 0.2) is 0 Å². The lowest BCUT2D eigenvalue weighted by Crippen LogP contribution is -2.55. The Bertz CT molecular complexity index is 535. The Morgan fingerprint density at radius 3 is 2.38 bits per heavy atom. The molecule has 0 aromatic heterocycles. The van der Waals surface area contributed by atoms with Gasteiger partial charge < -0.3 is 10.4 Å². The second-order valence-electron chi connectivity index (χ2n) is 5.01. The first-order valence-electron chi connectivity index (χ1n) is 6.03. The van der Waals surface area contributed by atoms with Crippen LogP contribution in [-0.2, 0) is 4.79 Å². The molecule has 0 aliphatic rings. The molecule has 3 nitrogen and oxygen atoms in total. The number of aliphatic hydroxyl groups is 1. The van der Waals surface area contributed by atoms with Gasteiger partial charge in [-0.3, -0.25) is 4.79 Å². The fraction of sp³-hybridized carbons (Fsp3) is 0.462. The Morgan fingerprint density at radius 1 is 1.33 bits per heavy atom. The van der Waals surface area contributed by atoms with Crippen LogP contribution < -0.4 is 5.32 Å². The summed E-state index contributed by atoms with van der Waals surface area (Å²) in [4.78, 5) is 11.9. The van der Waals surface area contributed by atoms with E-state index in [1.807, 2.05) is 5.32 Å². The summed E-state index contributed by atoms with van der Waals surface area (Å²) < 4.78 is 39.1. The van der Waals surface area contributed by atoms with E-state index >= 15 is 0 Å². The van der Waals surface area contributed by atoms with E-state index in [1.54, 1.807) is 0 Å². The van der Waals surface area contributed by atoms with Gasteiger partial charge in [0.1, 0.15) is 0 Å². The van der Waals surface area contributed by atoms with Crippen molar-refractivity contribution >= 4 is 34.8 Å². The summed E-state index contributed by atoms with van der Waals surface area (Å²) in [6.07, 6.45) is -5.87. The van der Waals surface area contributed by atoms with E-state index in [9.17, 15) is 23.1 Å². The highest BCUT2D eigenvalue weighted by molar-refractivity contribution is 6.44. The molecule has 0 radical (unpaired) electrons. The van der Waals surface area contributed by atoms with Gasteiger partial charge in [-0.1, -0.05) is 43.1 Å². The molecule has 0 spiro atoms. The lowest BCUT2D eigenvalue weighted by atomic mass is 9.90. The molecular weight excluding hydrogens is 330 g/mol. The van der Waals surface area contributed by atoms with Crippen molar-refractivity contribution < 1.29 is 23.1 Å². The Kier molecular flexibility index (Phi) is 5.52. The lowest BCUT2D eigenvalue weighted by Gasteiger charge is -2.30. The van der Waals surface area contributed by atoms with E-state index in [-0.39, 0.29) is 15.7 Å². The van der Waals surface area contributed by atoms with Crippen molar-refractivity contribution in [3.8, 4) is 0 Å². The molecule has 0 bridgehead atoms. The minimum atomic E-state index is -5.10. The van der Waals surface area contributed by atoms with Gasteiger partial charge in [-0.25, -0.2) is 0 Å². The van der Waals surface area contributed by atoms with Crippen LogP contribution in [-0.4, -0.2) is 22.8 Å². The quantitative estimate of drug-likeness (QED) is 0.857. The molecule has 8 heteroatoms. The molecule has 1 aromatic rings. The molecular formula is C13H14Cl2F3NO2. The Morgan fingerprint density at radius 2 is 1.90 bits per heavy atom. The van der Waals surface area contributed by atoms with Crippen LogP contribution in [0.1, 0.15) is 20.3 Å². The van der Waals surface area contributed by atoms with Crippen molar-refractivity contribution in [3.05, 3.63) is 28.2 Å². The molecule has 0 fully saturated rings. The van der Waals surface area contributed by atoms with Crippen molar-refractivity contribution in [2.75, 3.05) is 5.32 Å². The fourth-order valence-corrected chi connectivity index (χ4v) is 2.10. The second-order valence-corrected chi connectivity index (χ2v) is 5.80. The smallest absolute Gasteiger partial charge is 0.373 e. The van der Waals surface area contributed by atoms with Crippen LogP contribution in [0.4, 0.5) is 18.9 Å². The number of amides is 1. The molecule has 1 aromatic carbocycles. The number of halogens is 5. The van der Waals surface area contributed by atoms with Gasteiger partial charge in [-0.15, -0.1) is 0 Å². The molecule has 2 N–H and O–H groups in total. The van der Waals surface area contributed by atoms with Crippen molar-refractivity contribution in [3.63, 3.8) is 0 Å². The number of carbonyl (C=O) groups is 1. The molecule has 118 valence electrons. The summed E-state index contributed by atoms with van der Waals surface area (Å²) in [5, 5.41) is 11.8. The molecule has 1 amide bonds. The predicted octanol–water partition coefficient (Wildman–Crippen LogP) is 4.27. The van der Waals surface area contributed by atoms with Crippen LogP contribution in [0.3, 0.4) is 0 Å². The fourth-order valence-electron chi connectivity index (χ4n) is 1.75. The van der Waals surface area contributed by atoms with Crippen molar-refractivity contribution in [1.29, 1.82) is 0 Å². The Hall–Kier alpha value is -0.980. The van der Waals surface area contributed by atoms with Gasteiger partial charge in [0.25, 0.3) is 5.91 Å². The highest BCUT2D eigenvalue weighted by atomic mass is 35.5. The number of hydrogen-bond acceptors (Lipinski definition) is 2.